The van der Waals surface area contributed by atoms with Crippen molar-refractivity contribution in [3.63, 3.8) is 0 Å². The van der Waals surface area contributed by atoms with Crippen LogP contribution in [0.2, 0.25) is 0 Å². The van der Waals surface area contributed by atoms with Gasteiger partial charge >= 0.3 is 0 Å². The topological polar surface area (TPSA) is 41.5 Å². The van der Waals surface area contributed by atoms with E-state index in [2.05, 4.69) is 31.3 Å². The molecular formula is C10H16N2O. The molecule has 13 heavy (non-hydrogen) atoms. The second-order valence-electron chi connectivity index (χ2n) is 3.57. The Morgan fingerprint density at radius 2 is 2.23 bits per heavy atom. The number of hydrogen-bond donors (Lipinski definition) is 1. The van der Waals surface area contributed by atoms with Crippen LogP contribution < -0.4 is 5.43 Å². The third-order valence-corrected chi connectivity index (χ3v) is 1.83. The van der Waals surface area contributed by atoms with Crippen LogP contribution in [0.1, 0.15) is 33.6 Å². The van der Waals surface area contributed by atoms with E-state index in [-0.39, 0.29) is 5.91 Å². The standard InChI is InChI=1S/C10H16N2O/c1-4-5-9-8(6-7(2)3)10(13)12-11-9/h6-7H,4-5H2,1-3H3,(H,12,13). The van der Waals surface area contributed by atoms with E-state index in [9.17, 15) is 4.79 Å². The molecule has 3 nitrogen and oxygen atoms in total. The minimum absolute atomic E-state index is 0.0582. The number of nitrogens with one attached hydrogen (secondary N) is 1. The smallest absolute Gasteiger partial charge is 0.267 e. The van der Waals surface area contributed by atoms with Crippen molar-refractivity contribution in [1.29, 1.82) is 0 Å². The van der Waals surface area contributed by atoms with Gasteiger partial charge in [-0.15, -0.1) is 0 Å². The van der Waals surface area contributed by atoms with Gasteiger partial charge in [-0.3, -0.25) is 4.79 Å². The van der Waals surface area contributed by atoms with Crippen LogP contribution in [0.4, 0.5) is 0 Å². The fourth-order valence-electron chi connectivity index (χ4n) is 1.30. The lowest BCUT2D eigenvalue weighted by Crippen LogP contribution is -2.14. The van der Waals surface area contributed by atoms with E-state index in [0.717, 1.165) is 24.1 Å². The van der Waals surface area contributed by atoms with E-state index >= 15 is 0 Å². The number of nitrogens with zero attached hydrogens (tertiary/aromatic N) is 1. The Kier molecular flexibility index (Phi) is 3.23. The molecule has 1 aliphatic rings. The van der Waals surface area contributed by atoms with Crippen molar-refractivity contribution in [1.82, 2.24) is 5.43 Å². The highest BCUT2D eigenvalue weighted by atomic mass is 16.2. The van der Waals surface area contributed by atoms with Gasteiger partial charge in [-0.1, -0.05) is 33.3 Å². The molecular weight excluding hydrogens is 164 g/mol. The van der Waals surface area contributed by atoms with Gasteiger partial charge in [0.2, 0.25) is 0 Å². The van der Waals surface area contributed by atoms with Gasteiger partial charge in [0.25, 0.3) is 5.91 Å². The first kappa shape index (κ1) is 9.96. The maximum atomic E-state index is 11.3. The van der Waals surface area contributed by atoms with Gasteiger partial charge in [-0.05, 0) is 12.3 Å². The van der Waals surface area contributed by atoms with Crippen LogP contribution in [0.15, 0.2) is 16.8 Å². The molecule has 1 rings (SSSR count). The van der Waals surface area contributed by atoms with E-state index < -0.39 is 0 Å². The highest BCUT2D eigenvalue weighted by Gasteiger charge is 2.21. The second-order valence-corrected chi connectivity index (χ2v) is 3.57. The fraction of sp³-hybridized carbons (Fsp3) is 0.600. The summed E-state index contributed by atoms with van der Waals surface area (Å²) in [6.45, 7) is 6.20. The van der Waals surface area contributed by atoms with Crippen LogP contribution >= 0.6 is 0 Å². The van der Waals surface area contributed by atoms with Crippen LogP contribution in [0.25, 0.3) is 0 Å². The number of hydrogen-bond acceptors (Lipinski definition) is 2. The molecule has 0 saturated carbocycles. The molecule has 0 spiro atoms. The molecule has 0 bridgehead atoms. The summed E-state index contributed by atoms with van der Waals surface area (Å²) in [5.41, 5.74) is 4.16. The van der Waals surface area contributed by atoms with Crippen molar-refractivity contribution in [2.75, 3.05) is 0 Å². The highest BCUT2D eigenvalue weighted by Crippen LogP contribution is 2.13. The average Bonchev–Trinajstić information content (AvgIpc) is 2.36. The molecule has 1 amide bonds. The Morgan fingerprint density at radius 3 is 2.77 bits per heavy atom. The summed E-state index contributed by atoms with van der Waals surface area (Å²) in [6.07, 6.45) is 3.86. The molecule has 0 aromatic heterocycles. The summed E-state index contributed by atoms with van der Waals surface area (Å²) >= 11 is 0. The zero-order chi connectivity index (χ0) is 9.84. The zero-order valence-electron chi connectivity index (χ0n) is 8.42. The number of rotatable bonds is 3. The number of amides is 1. The first-order chi connectivity index (χ1) is 6.15. The molecule has 3 heteroatoms. The summed E-state index contributed by atoms with van der Waals surface area (Å²) in [5, 5.41) is 3.99. The Bertz CT molecular complexity index is 264. The summed E-state index contributed by atoms with van der Waals surface area (Å²) in [7, 11) is 0. The molecule has 0 aliphatic carbocycles. The van der Waals surface area contributed by atoms with Gasteiger partial charge in [-0.2, -0.15) is 5.10 Å². The third kappa shape index (κ3) is 2.41. The van der Waals surface area contributed by atoms with E-state index in [4.69, 9.17) is 0 Å². The van der Waals surface area contributed by atoms with Crippen LogP contribution in [-0.4, -0.2) is 11.6 Å². The van der Waals surface area contributed by atoms with Crippen molar-refractivity contribution in [2.45, 2.75) is 33.6 Å². The fourth-order valence-corrected chi connectivity index (χ4v) is 1.30. The van der Waals surface area contributed by atoms with E-state index in [0.29, 0.717) is 5.92 Å². The van der Waals surface area contributed by atoms with Gasteiger partial charge in [-0.25, -0.2) is 5.43 Å². The molecule has 0 unspecified atom stereocenters. The number of carbonyl (C=O) groups is 1. The zero-order valence-corrected chi connectivity index (χ0v) is 8.42. The molecule has 1 N–H and O–H groups in total. The summed E-state index contributed by atoms with van der Waals surface area (Å²) in [5.74, 6) is 0.332. The second kappa shape index (κ2) is 4.21. The molecule has 1 heterocycles. The Labute approximate surface area is 78.9 Å². The maximum absolute atomic E-state index is 11.3. The number of carbonyl (C=O) groups excluding carboxylic acids is 1. The van der Waals surface area contributed by atoms with Crippen molar-refractivity contribution in [3.8, 4) is 0 Å². The van der Waals surface area contributed by atoms with E-state index in [1.807, 2.05) is 6.08 Å². The largest absolute Gasteiger partial charge is 0.272 e. The predicted octanol–water partition coefficient (Wildman–Crippen LogP) is 1.85. The Morgan fingerprint density at radius 1 is 1.54 bits per heavy atom. The Balaban J connectivity index is 2.80. The first-order valence-corrected chi connectivity index (χ1v) is 4.74. The molecule has 0 aromatic carbocycles. The molecule has 0 saturated heterocycles. The highest BCUT2D eigenvalue weighted by molar-refractivity contribution is 6.24. The normalized spacial score (nSPS) is 19.5. The van der Waals surface area contributed by atoms with Gasteiger partial charge in [0.05, 0.1) is 11.3 Å². The van der Waals surface area contributed by atoms with E-state index in [1.54, 1.807) is 0 Å². The quantitative estimate of drug-likeness (QED) is 0.662. The Hall–Kier alpha value is -1.12. The average molecular weight is 180 g/mol. The van der Waals surface area contributed by atoms with Crippen LogP contribution in [-0.2, 0) is 4.79 Å². The SMILES string of the molecule is CCCC1=NNC(=O)C1=CC(C)C. The lowest BCUT2D eigenvalue weighted by atomic mass is 10.0. The monoisotopic (exact) mass is 180 g/mol. The van der Waals surface area contributed by atoms with Gasteiger partial charge in [0.15, 0.2) is 0 Å². The lowest BCUT2D eigenvalue weighted by molar-refractivity contribution is -0.116. The van der Waals surface area contributed by atoms with Crippen molar-refractivity contribution >= 4 is 11.6 Å². The third-order valence-electron chi connectivity index (χ3n) is 1.83. The minimum Gasteiger partial charge on any atom is -0.267 e. The summed E-state index contributed by atoms with van der Waals surface area (Å²) in [4.78, 5) is 11.3. The lowest BCUT2D eigenvalue weighted by Gasteiger charge is -2.00. The van der Waals surface area contributed by atoms with Gasteiger partial charge < -0.3 is 0 Å². The summed E-state index contributed by atoms with van der Waals surface area (Å²) in [6, 6.07) is 0. The van der Waals surface area contributed by atoms with Crippen molar-refractivity contribution in [3.05, 3.63) is 11.6 Å². The number of hydrazone groups is 1. The molecule has 0 atom stereocenters. The molecule has 1 aliphatic heterocycles. The molecule has 0 radical (unpaired) electrons. The van der Waals surface area contributed by atoms with Gasteiger partial charge in [0, 0.05) is 0 Å². The van der Waals surface area contributed by atoms with Crippen LogP contribution in [0.3, 0.4) is 0 Å². The first-order valence-electron chi connectivity index (χ1n) is 4.74. The number of allylic oxidation sites excluding steroid dienone is 1. The van der Waals surface area contributed by atoms with Crippen molar-refractivity contribution in [2.24, 2.45) is 11.0 Å². The molecule has 0 aromatic rings. The molecule has 72 valence electrons. The van der Waals surface area contributed by atoms with E-state index in [1.165, 1.54) is 0 Å². The summed E-state index contributed by atoms with van der Waals surface area (Å²) < 4.78 is 0. The van der Waals surface area contributed by atoms with Crippen molar-refractivity contribution < 1.29 is 4.79 Å². The minimum atomic E-state index is -0.0582. The van der Waals surface area contributed by atoms with Crippen LogP contribution in [0, 0.1) is 5.92 Å². The molecule has 0 fully saturated rings. The van der Waals surface area contributed by atoms with Crippen LogP contribution in [0.5, 0.6) is 0 Å². The predicted molar refractivity (Wildman–Crippen MR) is 53.4 cm³/mol. The maximum Gasteiger partial charge on any atom is 0.272 e. The van der Waals surface area contributed by atoms with Gasteiger partial charge in [0.1, 0.15) is 0 Å².